The van der Waals surface area contributed by atoms with E-state index in [1.165, 1.54) is 28.0 Å². The largest absolute Gasteiger partial charge is 0.299 e. The van der Waals surface area contributed by atoms with Gasteiger partial charge in [-0.25, -0.2) is 4.39 Å². The molecule has 20 heavy (non-hydrogen) atoms. The quantitative estimate of drug-likeness (QED) is 0.814. The van der Waals surface area contributed by atoms with Gasteiger partial charge in [0.05, 0.1) is 17.8 Å². The molecule has 0 fully saturated rings. The predicted octanol–water partition coefficient (Wildman–Crippen LogP) is 3.18. The number of carbonyl (C=O) groups is 2. The van der Waals surface area contributed by atoms with Crippen molar-refractivity contribution >= 4 is 28.7 Å². The summed E-state index contributed by atoms with van der Waals surface area (Å²) in [6.07, 6.45) is 0.933. The molecule has 0 saturated carbocycles. The molecule has 0 unspecified atom stereocenters. The molecule has 2 heterocycles. The number of fused-ring (bicyclic) bond motifs is 1. The van der Waals surface area contributed by atoms with Crippen LogP contribution >= 0.6 is 11.3 Å². The fourth-order valence-corrected chi connectivity index (χ4v) is 3.22. The number of rotatable bonds is 3. The third-order valence-electron chi connectivity index (χ3n) is 3.31. The fraction of sp³-hybridized carbons (Fsp3) is 0.200. The second-order valence-electron chi connectivity index (χ2n) is 4.60. The third kappa shape index (κ3) is 2.04. The van der Waals surface area contributed by atoms with Crippen molar-refractivity contribution in [2.45, 2.75) is 19.9 Å². The number of nitrogens with zero attached hydrogens (tertiary/aromatic N) is 1. The minimum atomic E-state index is -0.586. The van der Waals surface area contributed by atoms with Crippen molar-refractivity contribution in [1.29, 1.82) is 0 Å². The van der Waals surface area contributed by atoms with E-state index >= 15 is 0 Å². The first kappa shape index (κ1) is 13.0. The molecule has 3 rings (SSSR count). The van der Waals surface area contributed by atoms with E-state index in [0.717, 1.165) is 11.3 Å². The van der Waals surface area contributed by atoms with Crippen molar-refractivity contribution in [1.82, 2.24) is 0 Å². The van der Waals surface area contributed by atoms with Crippen molar-refractivity contribution in [3.63, 3.8) is 0 Å². The molecule has 5 heteroatoms. The highest BCUT2D eigenvalue weighted by Crippen LogP contribution is 2.32. The molecule has 2 aromatic rings. The SMILES string of the molecule is CCc1ccc(CN2C(=O)C(=O)c3ccc(F)cc32)s1. The minimum Gasteiger partial charge on any atom is -0.299 e. The average Bonchev–Trinajstić information content (AvgIpc) is 2.98. The van der Waals surface area contributed by atoms with Gasteiger partial charge in [0.25, 0.3) is 11.7 Å². The molecule has 0 saturated heterocycles. The first-order valence-electron chi connectivity index (χ1n) is 6.33. The first-order chi connectivity index (χ1) is 9.60. The topological polar surface area (TPSA) is 37.4 Å². The molecule has 0 spiro atoms. The Balaban J connectivity index is 1.96. The van der Waals surface area contributed by atoms with Gasteiger partial charge in [-0.2, -0.15) is 0 Å². The number of hydrogen-bond donors (Lipinski definition) is 0. The van der Waals surface area contributed by atoms with Gasteiger partial charge in [0.1, 0.15) is 5.82 Å². The summed E-state index contributed by atoms with van der Waals surface area (Å²) in [4.78, 5) is 27.4. The van der Waals surface area contributed by atoms with Gasteiger partial charge in [-0.05, 0) is 36.8 Å². The summed E-state index contributed by atoms with van der Waals surface area (Å²) >= 11 is 1.60. The normalized spacial score (nSPS) is 14.0. The molecule has 3 nitrogen and oxygen atoms in total. The molecule has 0 N–H and O–H groups in total. The Hall–Kier alpha value is -2.01. The molecule has 0 aliphatic carbocycles. The average molecular weight is 289 g/mol. The zero-order chi connectivity index (χ0) is 14.3. The number of aryl methyl sites for hydroxylation is 1. The summed E-state index contributed by atoms with van der Waals surface area (Å²) < 4.78 is 13.3. The Morgan fingerprint density at radius 1 is 1.15 bits per heavy atom. The Labute approximate surface area is 119 Å². The van der Waals surface area contributed by atoms with Crippen molar-refractivity contribution in [2.75, 3.05) is 4.90 Å². The van der Waals surface area contributed by atoms with Crippen LogP contribution in [0.25, 0.3) is 0 Å². The summed E-state index contributed by atoms with van der Waals surface area (Å²) in [7, 11) is 0. The van der Waals surface area contributed by atoms with E-state index in [9.17, 15) is 14.0 Å². The van der Waals surface area contributed by atoms with E-state index in [2.05, 4.69) is 6.92 Å². The molecule has 1 aromatic carbocycles. The summed E-state index contributed by atoms with van der Waals surface area (Å²) in [5.41, 5.74) is 0.648. The summed E-state index contributed by atoms with van der Waals surface area (Å²) in [6, 6.07) is 7.77. The van der Waals surface area contributed by atoms with E-state index in [1.54, 1.807) is 11.3 Å². The highest BCUT2D eigenvalue weighted by molar-refractivity contribution is 7.12. The lowest BCUT2D eigenvalue weighted by atomic mass is 10.1. The molecule has 1 aromatic heterocycles. The van der Waals surface area contributed by atoms with Crippen LogP contribution < -0.4 is 4.90 Å². The molecule has 0 radical (unpaired) electrons. The summed E-state index contributed by atoms with van der Waals surface area (Å²) in [5.74, 6) is -1.60. The van der Waals surface area contributed by atoms with Crippen LogP contribution in [0.15, 0.2) is 30.3 Å². The lowest BCUT2D eigenvalue weighted by Gasteiger charge is -2.15. The maximum absolute atomic E-state index is 13.3. The standard InChI is InChI=1S/C15H12FNO2S/c1-2-10-4-5-11(20-10)8-17-13-7-9(16)3-6-12(13)14(18)15(17)19/h3-7H,2,8H2,1H3. The Bertz CT molecular complexity index is 708. The van der Waals surface area contributed by atoms with Gasteiger partial charge in [0, 0.05) is 9.75 Å². The molecular formula is C15H12FNO2S. The molecule has 102 valence electrons. The molecular weight excluding hydrogens is 277 g/mol. The fourth-order valence-electron chi connectivity index (χ4n) is 2.28. The van der Waals surface area contributed by atoms with Crippen LogP contribution in [0.5, 0.6) is 0 Å². The maximum atomic E-state index is 13.3. The Morgan fingerprint density at radius 2 is 1.90 bits per heavy atom. The Kier molecular flexibility index (Phi) is 3.14. The van der Waals surface area contributed by atoms with Gasteiger partial charge in [0.2, 0.25) is 0 Å². The number of amides is 1. The van der Waals surface area contributed by atoms with Gasteiger partial charge in [-0.1, -0.05) is 6.92 Å². The van der Waals surface area contributed by atoms with Crippen LogP contribution in [-0.2, 0) is 17.8 Å². The summed E-state index contributed by atoms with van der Waals surface area (Å²) in [5, 5.41) is 0. The second-order valence-corrected chi connectivity index (χ2v) is 5.86. The van der Waals surface area contributed by atoms with Crippen molar-refractivity contribution in [3.8, 4) is 0 Å². The number of hydrogen-bond acceptors (Lipinski definition) is 3. The molecule has 0 bridgehead atoms. The first-order valence-corrected chi connectivity index (χ1v) is 7.15. The van der Waals surface area contributed by atoms with Gasteiger partial charge in [0.15, 0.2) is 0 Å². The van der Waals surface area contributed by atoms with E-state index in [-0.39, 0.29) is 5.56 Å². The number of carbonyl (C=O) groups excluding carboxylic acids is 2. The molecule has 1 amide bonds. The smallest absolute Gasteiger partial charge is 0.299 e. The van der Waals surface area contributed by atoms with Crippen LogP contribution in [0.4, 0.5) is 10.1 Å². The molecule has 1 aliphatic rings. The van der Waals surface area contributed by atoms with Crippen LogP contribution in [0.3, 0.4) is 0 Å². The number of anilines is 1. The predicted molar refractivity (Wildman–Crippen MR) is 75.6 cm³/mol. The molecule has 1 aliphatic heterocycles. The maximum Gasteiger partial charge on any atom is 0.299 e. The van der Waals surface area contributed by atoms with Crippen LogP contribution in [0.1, 0.15) is 27.0 Å². The van der Waals surface area contributed by atoms with Gasteiger partial charge in [-0.3, -0.25) is 14.5 Å². The highest BCUT2D eigenvalue weighted by Gasteiger charge is 2.36. The lowest BCUT2D eigenvalue weighted by molar-refractivity contribution is -0.114. The zero-order valence-corrected chi connectivity index (χ0v) is 11.7. The van der Waals surface area contributed by atoms with Crippen molar-refractivity contribution in [3.05, 3.63) is 51.5 Å². The zero-order valence-electron chi connectivity index (χ0n) is 10.9. The van der Waals surface area contributed by atoms with E-state index < -0.39 is 17.5 Å². The monoisotopic (exact) mass is 289 g/mol. The molecule has 0 atom stereocenters. The van der Waals surface area contributed by atoms with Crippen molar-refractivity contribution < 1.29 is 14.0 Å². The third-order valence-corrected chi connectivity index (χ3v) is 4.53. The van der Waals surface area contributed by atoms with Crippen LogP contribution in [0, 0.1) is 5.82 Å². The van der Waals surface area contributed by atoms with Crippen molar-refractivity contribution in [2.24, 2.45) is 0 Å². The number of ketones is 1. The van der Waals surface area contributed by atoms with E-state index in [1.807, 2.05) is 12.1 Å². The van der Waals surface area contributed by atoms with Crippen LogP contribution in [0.2, 0.25) is 0 Å². The van der Waals surface area contributed by atoms with Gasteiger partial charge < -0.3 is 0 Å². The summed E-state index contributed by atoms with van der Waals surface area (Å²) in [6.45, 7) is 2.37. The second kappa shape index (κ2) is 4.83. The van der Waals surface area contributed by atoms with Crippen LogP contribution in [-0.4, -0.2) is 11.7 Å². The van der Waals surface area contributed by atoms with E-state index in [0.29, 0.717) is 12.2 Å². The number of Topliss-reactive ketones (excluding diaryl/α,β-unsaturated/α-hetero) is 1. The van der Waals surface area contributed by atoms with Gasteiger partial charge in [-0.15, -0.1) is 11.3 Å². The highest BCUT2D eigenvalue weighted by atomic mass is 32.1. The number of halogens is 1. The minimum absolute atomic E-state index is 0.281. The number of thiophene rings is 1. The Morgan fingerprint density at radius 3 is 2.60 bits per heavy atom. The van der Waals surface area contributed by atoms with E-state index in [4.69, 9.17) is 0 Å². The number of benzene rings is 1. The van der Waals surface area contributed by atoms with Gasteiger partial charge >= 0.3 is 0 Å². The lowest BCUT2D eigenvalue weighted by Crippen LogP contribution is -2.28.